The van der Waals surface area contributed by atoms with Crippen molar-refractivity contribution in [3.8, 4) is 5.88 Å². The zero-order valence-corrected chi connectivity index (χ0v) is 21.5. The van der Waals surface area contributed by atoms with Crippen LogP contribution >= 0.6 is 0 Å². The number of sulfonamides is 1. The van der Waals surface area contributed by atoms with Gasteiger partial charge in [0.2, 0.25) is 21.8 Å². The van der Waals surface area contributed by atoms with Crippen LogP contribution < -0.4 is 10.9 Å². The Bertz CT molecular complexity index is 1370. The third kappa shape index (κ3) is 6.39. The highest BCUT2D eigenvalue weighted by atomic mass is 32.2. The molecule has 2 heterocycles. The minimum absolute atomic E-state index is 0.00278. The molecule has 1 fully saturated rings. The van der Waals surface area contributed by atoms with E-state index in [9.17, 15) is 41.4 Å². The molecule has 3 rings (SSSR count). The van der Waals surface area contributed by atoms with Gasteiger partial charge in [0.1, 0.15) is 0 Å². The average Bonchev–Trinajstić information content (AvgIpc) is 2.86. The van der Waals surface area contributed by atoms with Gasteiger partial charge in [-0.05, 0) is 49.9 Å². The number of carbonyl (C=O) groups is 1. The molecule has 1 aromatic heterocycles. The summed E-state index contributed by atoms with van der Waals surface area (Å²) in [6, 6.07) is 4.95. The number of amides is 1. The molecular weight excluding hydrogens is 531 g/mol. The number of nitrogens with zero attached hydrogens (tertiary/aromatic N) is 4. The summed E-state index contributed by atoms with van der Waals surface area (Å²) in [6.45, 7) is 2.07. The molecule has 1 aliphatic rings. The molecule has 11 nitrogen and oxygen atoms in total. The highest BCUT2D eigenvalue weighted by Crippen LogP contribution is 2.42. The van der Waals surface area contributed by atoms with Gasteiger partial charge < -0.3 is 15.5 Å². The molecule has 1 saturated heterocycles. The predicted molar refractivity (Wildman–Crippen MR) is 130 cm³/mol. The molecule has 3 N–H and O–H groups in total. The Morgan fingerprint density at radius 3 is 2.45 bits per heavy atom. The van der Waals surface area contributed by atoms with E-state index in [2.05, 4.69) is 15.5 Å². The van der Waals surface area contributed by atoms with Gasteiger partial charge >= 0.3 is 6.18 Å². The first-order valence-corrected chi connectivity index (χ1v) is 13.1. The van der Waals surface area contributed by atoms with Crippen molar-refractivity contribution in [1.82, 2.24) is 14.2 Å². The summed E-state index contributed by atoms with van der Waals surface area (Å²) in [5, 5.41) is 29.6. The first-order valence-electron chi connectivity index (χ1n) is 11.7. The van der Waals surface area contributed by atoms with Crippen LogP contribution in [0.3, 0.4) is 0 Å². The number of hydrogen-bond donors (Lipinski definition) is 3. The van der Waals surface area contributed by atoms with Crippen molar-refractivity contribution < 1.29 is 36.6 Å². The summed E-state index contributed by atoms with van der Waals surface area (Å²) in [7, 11) is -3.86. The maximum absolute atomic E-state index is 13.8. The fourth-order valence-electron chi connectivity index (χ4n) is 4.15. The number of alkyl halides is 3. The number of hydrogen-bond acceptors (Lipinski definition) is 8. The van der Waals surface area contributed by atoms with Gasteiger partial charge in [-0.15, -0.1) is 5.11 Å². The summed E-state index contributed by atoms with van der Waals surface area (Å²) in [4.78, 5) is 23.5. The van der Waals surface area contributed by atoms with Crippen LogP contribution in [-0.4, -0.2) is 59.7 Å². The Balaban J connectivity index is 1.95. The van der Waals surface area contributed by atoms with Gasteiger partial charge in [-0.2, -0.15) is 22.6 Å². The lowest BCUT2D eigenvalue weighted by atomic mass is 10.0. The van der Waals surface area contributed by atoms with Gasteiger partial charge in [-0.1, -0.05) is 0 Å². The maximum atomic E-state index is 13.8. The summed E-state index contributed by atoms with van der Waals surface area (Å²) < 4.78 is 69.2. The second kappa shape index (κ2) is 11.6. The van der Waals surface area contributed by atoms with E-state index in [4.69, 9.17) is 0 Å². The van der Waals surface area contributed by atoms with Gasteiger partial charge in [0.05, 0.1) is 16.1 Å². The van der Waals surface area contributed by atoms with Crippen molar-refractivity contribution in [2.45, 2.75) is 44.3 Å². The van der Waals surface area contributed by atoms with E-state index in [1.54, 1.807) is 0 Å². The molecular formula is C23H28F3N5O6S. The molecule has 2 aromatic rings. The standard InChI is InChI=1S/C23H28F3N5O6S/c1-14-19(23(24,25)26)20(22(35)31(21(14)34)11-9-27-15(2)33)29-28-17-5-7-18(8-6-17)38(36,37)30-10-3-4-16(12-30)13-32/h5-8,16,32,35H,3-4,9-13H2,1-2H3,(H,27,33)/b29-28+. The number of piperidine rings is 1. The third-order valence-electron chi connectivity index (χ3n) is 6.12. The van der Waals surface area contributed by atoms with Gasteiger partial charge in [0.25, 0.3) is 5.56 Å². The van der Waals surface area contributed by atoms with Gasteiger partial charge in [0, 0.05) is 45.3 Å². The lowest BCUT2D eigenvalue weighted by Crippen LogP contribution is -2.40. The van der Waals surface area contributed by atoms with Gasteiger partial charge in [0.15, 0.2) is 5.69 Å². The zero-order chi connectivity index (χ0) is 28.3. The number of nitrogens with one attached hydrogen (secondary N) is 1. The van der Waals surface area contributed by atoms with E-state index >= 15 is 0 Å². The summed E-state index contributed by atoms with van der Waals surface area (Å²) >= 11 is 0. The smallest absolute Gasteiger partial charge is 0.419 e. The molecule has 0 radical (unpaired) electrons. The van der Waals surface area contributed by atoms with Crippen LogP contribution in [0, 0.1) is 12.8 Å². The SMILES string of the molecule is CC(=O)NCCn1c(O)c(/N=N/c2ccc(S(=O)(=O)N3CCCC(CO)C3)cc2)c(C(F)(F)F)c(C)c1=O. The van der Waals surface area contributed by atoms with Crippen LogP contribution in [0.5, 0.6) is 5.88 Å². The number of aromatic nitrogens is 1. The van der Waals surface area contributed by atoms with Crippen LogP contribution in [0.15, 0.2) is 44.2 Å². The number of rotatable bonds is 8. The monoisotopic (exact) mass is 559 g/mol. The largest absolute Gasteiger partial charge is 0.493 e. The van der Waals surface area contributed by atoms with Crippen molar-refractivity contribution in [1.29, 1.82) is 0 Å². The van der Waals surface area contributed by atoms with Crippen molar-refractivity contribution in [3.05, 3.63) is 45.7 Å². The van der Waals surface area contributed by atoms with E-state index in [1.165, 1.54) is 35.5 Å². The van der Waals surface area contributed by atoms with Crippen molar-refractivity contribution in [3.63, 3.8) is 0 Å². The topological polar surface area (TPSA) is 154 Å². The molecule has 0 spiro atoms. The molecule has 0 saturated carbocycles. The fraction of sp³-hybridized carbons (Fsp3) is 0.478. The Hall–Kier alpha value is -3.30. The molecule has 0 aliphatic carbocycles. The van der Waals surface area contributed by atoms with Crippen molar-refractivity contribution in [2.75, 3.05) is 26.2 Å². The fourth-order valence-corrected chi connectivity index (χ4v) is 5.71. The molecule has 1 amide bonds. The average molecular weight is 560 g/mol. The predicted octanol–water partition coefficient (Wildman–Crippen LogP) is 2.83. The van der Waals surface area contributed by atoms with Crippen LogP contribution in [0.1, 0.15) is 30.9 Å². The summed E-state index contributed by atoms with van der Waals surface area (Å²) in [5.41, 5.74) is -4.26. The minimum atomic E-state index is -5.04. The van der Waals surface area contributed by atoms with Crippen molar-refractivity contribution >= 4 is 27.3 Å². The molecule has 15 heteroatoms. The quantitative estimate of drug-likeness (QED) is 0.423. The molecule has 1 aliphatic heterocycles. The Labute approximate surface area is 216 Å². The maximum Gasteiger partial charge on any atom is 0.419 e. The van der Waals surface area contributed by atoms with Crippen LogP contribution in [0.4, 0.5) is 24.5 Å². The second-order valence-corrected chi connectivity index (χ2v) is 10.8. The number of aliphatic hydroxyl groups is 1. The van der Waals surface area contributed by atoms with Crippen molar-refractivity contribution in [2.24, 2.45) is 16.1 Å². The summed E-state index contributed by atoms with van der Waals surface area (Å²) in [5.74, 6) is -1.67. The molecule has 1 aromatic carbocycles. The number of carbonyl (C=O) groups excluding carboxylic acids is 1. The number of azo groups is 1. The Morgan fingerprint density at radius 1 is 1.21 bits per heavy atom. The highest BCUT2D eigenvalue weighted by Gasteiger charge is 2.39. The van der Waals surface area contributed by atoms with Crippen LogP contribution in [0.25, 0.3) is 0 Å². The number of pyridine rings is 1. The normalized spacial score (nSPS) is 17.2. The minimum Gasteiger partial charge on any atom is -0.493 e. The van der Waals surface area contributed by atoms with E-state index in [0.29, 0.717) is 24.0 Å². The number of benzene rings is 1. The number of halogens is 3. The Kier molecular flexibility index (Phi) is 8.94. The Morgan fingerprint density at radius 2 is 1.87 bits per heavy atom. The molecule has 1 unspecified atom stereocenters. The lowest BCUT2D eigenvalue weighted by molar-refractivity contribution is -0.137. The van der Waals surface area contributed by atoms with Crippen LogP contribution in [0.2, 0.25) is 0 Å². The number of aromatic hydroxyl groups is 1. The molecule has 0 bridgehead atoms. The van der Waals surface area contributed by atoms with Crippen LogP contribution in [-0.2, 0) is 27.5 Å². The van der Waals surface area contributed by atoms with E-state index in [0.717, 1.165) is 6.92 Å². The molecule has 38 heavy (non-hydrogen) atoms. The van der Waals surface area contributed by atoms with E-state index < -0.39 is 50.4 Å². The summed E-state index contributed by atoms with van der Waals surface area (Å²) in [6.07, 6.45) is -3.71. The molecule has 1 atom stereocenters. The van der Waals surface area contributed by atoms with E-state index in [-0.39, 0.29) is 42.7 Å². The first-order chi connectivity index (χ1) is 17.8. The zero-order valence-electron chi connectivity index (χ0n) is 20.7. The first kappa shape index (κ1) is 29.3. The van der Waals surface area contributed by atoms with Gasteiger partial charge in [-0.3, -0.25) is 14.2 Å². The highest BCUT2D eigenvalue weighted by molar-refractivity contribution is 7.89. The second-order valence-electron chi connectivity index (χ2n) is 8.86. The van der Waals surface area contributed by atoms with Gasteiger partial charge in [-0.25, -0.2) is 8.42 Å². The lowest BCUT2D eigenvalue weighted by Gasteiger charge is -2.30. The molecule has 208 valence electrons. The number of aliphatic hydroxyl groups excluding tert-OH is 1. The van der Waals surface area contributed by atoms with E-state index in [1.807, 2.05) is 0 Å². The third-order valence-corrected chi connectivity index (χ3v) is 8.00.